The Bertz CT molecular complexity index is 3930. The van der Waals surface area contributed by atoms with Crippen LogP contribution in [0.25, 0.3) is 0 Å². The van der Waals surface area contributed by atoms with Crippen molar-refractivity contribution < 1.29 is 151 Å². The Hall–Kier alpha value is -5.69. The maximum absolute atomic E-state index is 13.8. The Morgan fingerprint density at radius 3 is 1.15 bits per heavy atom. The van der Waals surface area contributed by atoms with E-state index in [4.69, 9.17) is 28.4 Å². The van der Waals surface area contributed by atoms with Gasteiger partial charge in [0.15, 0.2) is 29.4 Å². The number of fused-ring (bicyclic) bond motifs is 2. The van der Waals surface area contributed by atoms with Gasteiger partial charge in [0, 0.05) is 42.5 Å². The SMILES string of the molecule is CCCCCCCOc1c(C)cc([S+](c2ccccc2)c2ccccc2)cc1C.Cc1cc([S+](c2ccccc2)c2ccccc2)cc(C)c1OCCCC(F)(F)CC(F)(F)C(F)(F)F.O=C(CS(=O)(=O)[O-])OC1C2CC3CC(C2)C(=O)OC1C3.O=C(CS(=O)(=O)[O-])OC1C2CC3CC(C2)C(=O)OC1C3.[Br-].[Na+]. The third-order valence-electron chi connectivity index (χ3n) is 19.4. The van der Waals surface area contributed by atoms with Gasteiger partial charge < -0.3 is 54.5 Å². The molecule has 8 fully saturated rings. The van der Waals surface area contributed by atoms with E-state index in [2.05, 4.69) is 93.6 Å². The Kier molecular flexibility index (Phi) is 32.7. The molecule has 107 heavy (non-hydrogen) atoms. The van der Waals surface area contributed by atoms with Crippen molar-refractivity contribution in [2.45, 2.75) is 209 Å². The summed E-state index contributed by atoms with van der Waals surface area (Å²) in [6.45, 7) is 10.8. The number of carbonyl (C=O) groups excluding carboxylic acids is 4. The van der Waals surface area contributed by atoms with Gasteiger partial charge in [0.25, 0.3) is 5.92 Å². The van der Waals surface area contributed by atoms with Crippen molar-refractivity contribution in [2.75, 3.05) is 24.7 Å². The summed E-state index contributed by atoms with van der Waals surface area (Å²) in [6.07, 6.45) is -0.178. The minimum Gasteiger partial charge on any atom is -1.00 e. The van der Waals surface area contributed by atoms with Gasteiger partial charge in [-0.3, -0.25) is 19.2 Å². The molecule has 578 valence electrons. The first-order valence-electron chi connectivity index (χ1n) is 35.3. The number of hydrogen-bond donors (Lipinski definition) is 0. The Labute approximate surface area is 660 Å². The number of alkyl halides is 7. The Morgan fingerprint density at radius 1 is 0.486 bits per heavy atom. The second kappa shape index (κ2) is 39.5. The Morgan fingerprint density at radius 2 is 0.822 bits per heavy atom. The molecule has 29 heteroatoms. The molecule has 4 saturated carbocycles. The van der Waals surface area contributed by atoms with Gasteiger partial charge in [-0.05, 0) is 175 Å². The zero-order valence-corrected chi connectivity index (χ0v) is 67.3. The van der Waals surface area contributed by atoms with Gasteiger partial charge in [-0.1, -0.05) is 105 Å². The first-order chi connectivity index (χ1) is 49.6. The minimum atomic E-state index is -6.01. The van der Waals surface area contributed by atoms with Gasteiger partial charge in [0.05, 0.1) is 53.3 Å². The first kappa shape index (κ1) is 88.5. The zero-order valence-electron chi connectivity index (χ0n) is 60.5. The van der Waals surface area contributed by atoms with Crippen molar-refractivity contribution in [1.82, 2.24) is 0 Å². The van der Waals surface area contributed by atoms with Gasteiger partial charge in [0.1, 0.15) is 67.7 Å². The number of hydrogen-bond acceptors (Lipinski definition) is 16. The average molecular weight is 1650 g/mol. The normalized spacial score (nSPS) is 21.9. The van der Waals surface area contributed by atoms with E-state index >= 15 is 0 Å². The fourth-order valence-electron chi connectivity index (χ4n) is 15.0. The Balaban J connectivity index is 0.000000203. The van der Waals surface area contributed by atoms with Gasteiger partial charge in [-0.15, -0.1) is 0 Å². The van der Waals surface area contributed by atoms with E-state index in [0.717, 1.165) is 70.3 Å². The molecular formula is C78H89BrF7NaO16S4. The van der Waals surface area contributed by atoms with Crippen molar-refractivity contribution in [3.63, 3.8) is 0 Å². The van der Waals surface area contributed by atoms with Crippen LogP contribution < -0.4 is 56.0 Å². The van der Waals surface area contributed by atoms with Gasteiger partial charge in [-0.2, -0.15) is 22.0 Å². The van der Waals surface area contributed by atoms with Crippen LogP contribution in [0.1, 0.15) is 132 Å². The molecule has 8 bridgehead atoms. The summed E-state index contributed by atoms with van der Waals surface area (Å²) in [7, 11) is -9.81. The van der Waals surface area contributed by atoms with Crippen molar-refractivity contribution in [1.29, 1.82) is 0 Å². The largest absolute Gasteiger partial charge is 1.00 e. The van der Waals surface area contributed by atoms with Gasteiger partial charge >= 0.3 is 65.5 Å². The number of halogens is 8. The molecule has 16 nitrogen and oxygen atoms in total. The third kappa shape index (κ3) is 25.4. The molecule has 4 heterocycles. The summed E-state index contributed by atoms with van der Waals surface area (Å²) in [4.78, 5) is 54.0. The van der Waals surface area contributed by atoms with E-state index in [1.165, 1.54) is 51.5 Å². The predicted octanol–water partition coefficient (Wildman–Crippen LogP) is 10.1. The second-order valence-corrected chi connectivity index (χ2v) is 34.7. The van der Waals surface area contributed by atoms with Crippen LogP contribution in [-0.4, -0.2) is 117 Å². The van der Waals surface area contributed by atoms with Gasteiger partial charge in [0.2, 0.25) is 0 Å². The van der Waals surface area contributed by atoms with Crippen LogP contribution in [0.2, 0.25) is 0 Å². The number of unbranched alkanes of at least 4 members (excludes halogenated alkanes) is 4. The number of benzene rings is 6. The number of aryl methyl sites for hydroxylation is 4. The van der Waals surface area contributed by atoms with E-state index in [1.54, 1.807) is 0 Å². The molecular weight excluding hydrogens is 1560 g/mol. The average Bonchev–Trinajstić information content (AvgIpc) is 1.69. The molecule has 0 aromatic heterocycles. The van der Waals surface area contributed by atoms with Crippen LogP contribution in [0.3, 0.4) is 0 Å². The standard InChI is InChI=1S/C27H26F7OS.C27H33OS.2C12H16O7S.BrH.Na/c1-19-16-23(36(21-10-5-3-6-11-21)22-12-7-4-8-13-22)17-20(2)24(19)35-15-9-14-25(28,29)18-26(30,31)27(32,33)34;1-4-5-6-7-14-19-28-27-22(2)20-26(21-23(27)3)29(24-15-10-8-11-16-24)25-17-12-9-13-18-25;2*13-10(5-20(15,16)17)19-11-7-1-6-2-8(4-7)12(14)18-9(11)3-6;;/h3-8,10-13,16-17H,9,14-15,18H2,1-2H3;8-13,15-18,20-21H,4-7,14,19H2,1-3H3;2*6-9,11H,1-5H2,(H,15,16,17);1H;/q2*+1;;;;+1/p-3. The summed E-state index contributed by atoms with van der Waals surface area (Å²) in [5.41, 5.74) is 4.00. The molecule has 10 atom stereocenters. The molecule has 6 aromatic carbocycles. The summed E-state index contributed by atoms with van der Waals surface area (Å²) < 4.78 is 187. The summed E-state index contributed by atoms with van der Waals surface area (Å²) in [6, 6.07) is 50.2. The predicted molar refractivity (Wildman–Crippen MR) is 378 cm³/mol. The molecule has 4 saturated heterocycles. The van der Waals surface area contributed by atoms with Crippen molar-refractivity contribution >= 4 is 65.9 Å². The van der Waals surface area contributed by atoms with Crippen molar-refractivity contribution in [2.24, 2.45) is 35.5 Å². The maximum atomic E-state index is 13.8. The number of carbonyl (C=O) groups is 4. The first-order valence-corrected chi connectivity index (χ1v) is 40.9. The molecule has 0 amide bonds. The molecule has 14 rings (SSSR count). The number of esters is 4. The smallest absolute Gasteiger partial charge is 1.00 e. The molecule has 10 unspecified atom stereocenters. The van der Waals surface area contributed by atoms with E-state index in [-0.39, 0.29) is 106 Å². The zero-order chi connectivity index (χ0) is 76.0. The third-order valence-corrected chi connectivity index (χ3v) is 24.9. The van der Waals surface area contributed by atoms with E-state index < -0.39 is 110 Å². The number of rotatable bonds is 26. The van der Waals surface area contributed by atoms with E-state index in [0.29, 0.717) is 43.3 Å². The molecule has 0 radical (unpaired) electrons. The van der Waals surface area contributed by atoms with Crippen LogP contribution in [0.15, 0.2) is 175 Å². The summed E-state index contributed by atoms with van der Waals surface area (Å²) >= 11 is 0. The molecule has 0 N–H and O–H groups in total. The number of ether oxygens (including phenoxy) is 6. The van der Waals surface area contributed by atoms with Crippen LogP contribution in [0.5, 0.6) is 11.5 Å². The second-order valence-electron chi connectivity index (χ2n) is 27.9. The minimum absolute atomic E-state index is 0. The monoisotopic (exact) mass is 1640 g/mol. The van der Waals surface area contributed by atoms with Crippen molar-refractivity contribution in [3.8, 4) is 11.5 Å². The van der Waals surface area contributed by atoms with Crippen LogP contribution >= 0.6 is 0 Å². The summed E-state index contributed by atoms with van der Waals surface area (Å²) in [5.74, 6) is -12.5. The van der Waals surface area contributed by atoms with Crippen LogP contribution in [0.4, 0.5) is 30.7 Å². The van der Waals surface area contributed by atoms with Crippen LogP contribution in [0, 0.1) is 63.2 Å². The molecule has 4 aliphatic carbocycles. The topological polar surface area (TPSA) is 238 Å². The molecule has 0 spiro atoms. The fourth-order valence-corrected chi connectivity index (χ4v) is 20.2. The fraction of sp³-hybridized carbons (Fsp3) is 0.487. The van der Waals surface area contributed by atoms with E-state index in [1.807, 2.05) is 86.6 Å². The van der Waals surface area contributed by atoms with Crippen molar-refractivity contribution in [3.05, 3.63) is 168 Å². The summed E-state index contributed by atoms with van der Waals surface area (Å²) in [5, 5.41) is 0. The molecule has 6 aromatic rings. The van der Waals surface area contributed by atoms with Gasteiger partial charge in [-0.25, -0.2) is 25.6 Å². The molecule has 4 aliphatic heterocycles. The van der Waals surface area contributed by atoms with E-state index in [9.17, 15) is 75.9 Å². The maximum Gasteiger partial charge on any atom is 1.00 e. The quantitative estimate of drug-likeness (QED) is 0.00933. The van der Waals surface area contributed by atoms with Crippen LogP contribution in [-0.2, 0) is 80.2 Å². The molecule has 8 aliphatic rings.